The van der Waals surface area contributed by atoms with Crippen molar-refractivity contribution in [2.24, 2.45) is 0 Å². The van der Waals surface area contributed by atoms with Crippen LogP contribution in [0.3, 0.4) is 0 Å². The van der Waals surface area contributed by atoms with Crippen LogP contribution in [0.1, 0.15) is 10.9 Å². The average molecular weight is 306 g/mol. The van der Waals surface area contributed by atoms with Gasteiger partial charge >= 0.3 is 5.97 Å². The van der Waals surface area contributed by atoms with Crippen LogP contribution in [0.25, 0.3) is 0 Å². The molecular formula is C10H9BrFNO2S. The lowest BCUT2D eigenvalue weighted by Crippen LogP contribution is -2.33. The Morgan fingerprint density at radius 1 is 1.62 bits per heavy atom. The molecule has 86 valence electrons. The molecule has 2 atom stereocenters. The second kappa shape index (κ2) is 4.73. The molecule has 1 heterocycles. The molecule has 0 aliphatic carbocycles. The van der Waals surface area contributed by atoms with Gasteiger partial charge in [0.15, 0.2) is 0 Å². The highest BCUT2D eigenvalue weighted by molar-refractivity contribution is 9.10. The number of thioether (sulfide) groups is 1. The smallest absolute Gasteiger partial charge is 0.321 e. The van der Waals surface area contributed by atoms with E-state index in [0.717, 1.165) is 4.47 Å². The third-order valence-corrected chi connectivity index (χ3v) is 4.06. The molecule has 0 spiro atoms. The summed E-state index contributed by atoms with van der Waals surface area (Å²) in [4.78, 5) is 10.8. The maximum Gasteiger partial charge on any atom is 0.321 e. The molecule has 1 fully saturated rings. The van der Waals surface area contributed by atoms with Gasteiger partial charge in [-0.25, -0.2) is 4.39 Å². The Morgan fingerprint density at radius 3 is 3.00 bits per heavy atom. The van der Waals surface area contributed by atoms with Crippen LogP contribution in [0.15, 0.2) is 22.7 Å². The van der Waals surface area contributed by atoms with E-state index in [1.165, 1.54) is 17.8 Å². The molecule has 0 bridgehead atoms. The van der Waals surface area contributed by atoms with Gasteiger partial charge in [-0.05, 0) is 18.2 Å². The van der Waals surface area contributed by atoms with Crippen LogP contribution in [0.5, 0.6) is 0 Å². The van der Waals surface area contributed by atoms with Gasteiger partial charge < -0.3 is 5.11 Å². The number of carboxylic acid groups (broad SMARTS) is 1. The van der Waals surface area contributed by atoms with E-state index in [-0.39, 0.29) is 11.2 Å². The molecular weight excluding hydrogens is 297 g/mol. The quantitative estimate of drug-likeness (QED) is 0.881. The Hall–Kier alpha value is -0.590. The summed E-state index contributed by atoms with van der Waals surface area (Å²) in [6, 6.07) is 4.06. The molecule has 16 heavy (non-hydrogen) atoms. The summed E-state index contributed by atoms with van der Waals surface area (Å²) >= 11 is 4.67. The van der Waals surface area contributed by atoms with Crippen LogP contribution < -0.4 is 5.32 Å². The predicted octanol–water partition coefficient (Wildman–Crippen LogP) is 2.38. The van der Waals surface area contributed by atoms with Gasteiger partial charge in [0.25, 0.3) is 0 Å². The summed E-state index contributed by atoms with van der Waals surface area (Å²) in [5.74, 6) is -0.768. The maximum absolute atomic E-state index is 13.5. The number of benzene rings is 1. The first-order valence-corrected chi connectivity index (χ1v) is 6.47. The zero-order valence-corrected chi connectivity index (χ0v) is 10.5. The van der Waals surface area contributed by atoms with Gasteiger partial charge in [0.1, 0.15) is 11.9 Å². The summed E-state index contributed by atoms with van der Waals surface area (Å²) < 4.78 is 14.3. The number of rotatable bonds is 2. The minimum absolute atomic E-state index is 0.293. The van der Waals surface area contributed by atoms with E-state index in [2.05, 4.69) is 21.2 Å². The Labute approximate surface area is 105 Å². The molecule has 1 saturated heterocycles. The Morgan fingerprint density at radius 2 is 2.38 bits per heavy atom. The van der Waals surface area contributed by atoms with E-state index < -0.39 is 12.0 Å². The summed E-state index contributed by atoms with van der Waals surface area (Å²) in [5.41, 5.74) is 0.489. The fraction of sp³-hybridized carbons (Fsp3) is 0.300. The van der Waals surface area contributed by atoms with E-state index in [0.29, 0.717) is 11.3 Å². The van der Waals surface area contributed by atoms with Crippen LogP contribution >= 0.6 is 27.7 Å². The molecule has 1 unspecified atom stereocenters. The van der Waals surface area contributed by atoms with Crippen LogP contribution in [-0.4, -0.2) is 22.9 Å². The molecule has 0 amide bonds. The third-order valence-electron chi connectivity index (χ3n) is 2.32. The van der Waals surface area contributed by atoms with Gasteiger partial charge in [-0.1, -0.05) is 15.9 Å². The summed E-state index contributed by atoms with van der Waals surface area (Å²) in [7, 11) is 0. The lowest BCUT2D eigenvalue weighted by molar-refractivity contribution is -0.138. The number of carbonyl (C=O) groups is 1. The van der Waals surface area contributed by atoms with E-state index in [1.807, 2.05) is 0 Å². The molecule has 3 nitrogen and oxygen atoms in total. The summed E-state index contributed by atoms with van der Waals surface area (Å²) in [6.07, 6.45) is 0. The number of hydrogen-bond donors (Lipinski definition) is 2. The highest BCUT2D eigenvalue weighted by Crippen LogP contribution is 2.35. The van der Waals surface area contributed by atoms with Gasteiger partial charge in [0.05, 0.1) is 5.37 Å². The number of halogens is 2. The van der Waals surface area contributed by atoms with Gasteiger partial charge in [-0.15, -0.1) is 11.8 Å². The van der Waals surface area contributed by atoms with Crippen molar-refractivity contribution < 1.29 is 14.3 Å². The molecule has 0 aromatic heterocycles. The first kappa shape index (κ1) is 11.9. The summed E-state index contributed by atoms with van der Waals surface area (Å²) in [6.45, 7) is 0. The van der Waals surface area contributed by atoms with Crippen molar-refractivity contribution in [1.29, 1.82) is 0 Å². The molecule has 1 aliphatic rings. The topological polar surface area (TPSA) is 49.3 Å². The van der Waals surface area contributed by atoms with E-state index >= 15 is 0 Å². The van der Waals surface area contributed by atoms with Gasteiger partial charge in [-0.3, -0.25) is 10.1 Å². The van der Waals surface area contributed by atoms with E-state index in [4.69, 9.17) is 5.11 Å². The molecule has 6 heteroatoms. The van der Waals surface area contributed by atoms with Crippen molar-refractivity contribution in [2.75, 3.05) is 5.75 Å². The molecule has 2 N–H and O–H groups in total. The normalized spacial score (nSPS) is 24.6. The second-order valence-corrected chi connectivity index (χ2v) is 5.49. The van der Waals surface area contributed by atoms with Crippen LogP contribution in [0.4, 0.5) is 4.39 Å². The standard InChI is InChI=1S/C10H9BrFNO2S/c11-5-1-2-7(12)6(3-5)9-13-8(4-16-9)10(14)15/h1-3,8-9,13H,4H2,(H,14,15)/t8-,9?/m0/s1. The second-order valence-electron chi connectivity index (χ2n) is 3.44. The largest absolute Gasteiger partial charge is 0.480 e. The summed E-state index contributed by atoms with van der Waals surface area (Å²) in [5, 5.41) is 11.4. The highest BCUT2D eigenvalue weighted by atomic mass is 79.9. The fourth-order valence-electron chi connectivity index (χ4n) is 1.51. The SMILES string of the molecule is O=C(O)[C@@H]1CSC(c2cc(Br)ccc2F)N1. The molecule has 1 aromatic carbocycles. The molecule has 2 rings (SSSR count). The Balaban J connectivity index is 2.20. The van der Waals surface area contributed by atoms with Gasteiger partial charge in [0.2, 0.25) is 0 Å². The van der Waals surface area contributed by atoms with Crippen molar-refractivity contribution in [3.8, 4) is 0 Å². The maximum atomic E-state index is 13.5. The predicted molar refractivity (Wildman–Crippen MR) is 63.9 cm³/mol. The molecule has 1 aliphatic heterocycles. The van der Waals surface area contributed by atoms with Crippen molar-refractivity contribution in [1.82, 2.24) is 5.32 Å². The lowest BCUT2D eigenvalue weighted by atomic mass is 10.2. The number of aliphatic carboxylic acids is 1. The number of nitrogens with one attached hydrogen (secondary N) is 1. The number of carboxylic acids is 1. The van der Waals surface area contributed by atoms with Crippen molar-refractivity contribution in [3.05, 3.63) is 34.1 Å². The third kappa shape index (κ3) is 2.39. The minimum Gasteiger partial charge on any atom is -0.480 e. The average Bonchev–Trinajstić information content (AvgIpc) is 2.70. The first-order valence-electron chi connectivity index (χ1n) is 4.63. The zero-order valence-electron chi connectivity index (χ0n) is 8.11. The van der Waals surface area contributed by atoms with E-state index in [1.54, 1.807) is 12.1 Å². The van der Waals surface area contributed by atoms with E-state index in [9.17, 15) is 9.18 Å². The first-order chi connectivity index (χ1) is 7.58. The molecule has 0 radical (unpaired) electrons. The minimum atomic E-state index is -0.898. The Bertz CT molecular complexity index is 429. The van der Waals surface area contributed by atoms with Crippen molar-refractivity contribution in [3.63, 3.8) is 0 Å². The monoisotopic (exact) mass is 305 g/mol. The number of hydrogen-bond acceptors (Lipinski definition) is 3. The zero-order chi connectivity index (χ0) is 11.7. The van der Waals surface area contributed by atoms with Crippen LogP contribution in [0.2, 0.25) is 0 Å². The van der Waals surface area contributed by atoms with Crippen molar-refractivity contribution >= 4 is 33.7 Å². The fourth-order valence-corrected chi connectivity index (χ4v) is 3.13. The highest BCUT2D eigenvalue weighted by Gasteiger charge is 2.31. The van der Waals surface area contributed by atoms with Gasteiger partial charge in [0, 0.05) is 15.8 Å². The Kier molecular flexibility index (Phi) is 3.51. The lowest BCUT2D eigenvalue weighted by Gasteiger charge is -2.12. The molecule has 1 aromatic rings. The van der Waals surface area contributed by atoms with Crippen LogP contribution in [0, 0.1) is 5.82 Å². The molecule has 0 saturated carbocycles. The van der Waals surface area contributed by atoms with Crippen LogP contribution in [-0.2, 0) is 4.79 Å². The van der Waals surface area contributed by atoms with Gasteiger partial charge in [-0.2, -0.15) is 0 Å². The van der Waals surface area contributed by atoms with Crippen molar-refractivity contribution in [2.45, 2.75) is 11.4 Å².